The van der Waals surface area contributed by atoms with E-state index in [9.17, 15) is 0 Å². The second kappa shape index (κ2) is 4.91. The van der Waals surface area contributed by atoms with Crippen molar-refractivity contribution in [3.63, 3.8) is 0 Å². The van der Waals surface area contributed by atoms with Crippen LogP contribution < -0.4 is 0 Å². The first-order chi connectivity index (χ1) is 7.11. The summed E-state index contributed by atoms with van der Waals surface area (Å²) < 4.78 is 4.24. The lowest BCUT2D eigenvalue weighted by Gasteiger charge is -2.15. The molecule has 0 aromatic carbocycles. The van der Waals surface area contributed by atoms with Crippen molar-refractivity contribution >= 4 is 11.5 Å². The van der Waals surface area contributed by atoms with Crippen LogP contribution in [-0.2, 0) is 0 Å². The van der Waals surface area contributed by atoms with Crippen molar-refractivity contribution in [2.75, 3.05) is 0 Å². The fourth-order valence-corrected chi connectivity index (χ4v) is 2.42. The Hall–Kier alpha value is -1.39. The molecule has 0 aliphatic carbocycles. The van der Waals surface area contributed by atoms with Crippen LogP contribution in [0.25, 0.3) is 0 Å². The summed E-state index contributed by atoms with van der Waals surface area (Å²) in [6, 6.07) is 4.40. The Bertz CT molecular complexity index is 403. The molecule has 15 heavy (non-hydrogen) atoms. The van der Waals surface area contributed by atoms with Gasteiger partial charge in [-0.2, -0.15) is 14.9 Å². The van der Waals surface area contributed by atoms with Gasteiger partial charge in [0.1, 0.15) is 0 Å². The van der Waals surface area contributed by atoms with Gasteiger partial charge in [-0.3, -0.25) is 0 Å². The fourth-order valence-electron chi connectivity index (χ4n) is 1.67. The van der Waals surface area contributed by atoms with Gasteiger partial charge in [-0.1, -0.05) is 6.92 Å². The highest BCUT2D eigenvalue weighted by Gasteiger charge is 2.24. The van der Waals surface area contributed by atoms with Gasteiger partial charge in [0.05, 0.1) is 23.8 Å². The third kappa shape index (κ3) is 2.34. The molecule has 0 fully saturated rings. The van der Waals surface area contributed by atoms with Gasteiger partial charge in [-0.05, 0) is 31.3 Å². The van der Waals surface area contributed by atoms with E-state index < -0.39 is 0 Å². The summed E-state index contributed by atoms with van der Waals surface area (Å²) in [5, 5.41) is 17.8. The monoisotopic (exact) mass is 219 g/mol. The minimum absolute atomic E-state index is 0.0637. The highest BCUT2D eigenvalue weighted by molar-refractivity contribution is 7.05. The molecule has 0 saturated heterocycles. The molecule has 0 bridgehead atoms. The van der Waals surface area contributed by atoms with Crippen molar-refractivity contribution in [1.29, 1.82) is 10.5 Å². The van der Waals surface area contributed by atoms with Crippen molar-refractivity contribution in [3.8, 4) is 12.1 Å². The Labute approximate surface area is 94.1 Å². The maximum atomic E-state index is 9.16. The van der Waals surface area contributed by atoms with Crippen LogP contribution in [0.2, 0.25) is 0 Å². The smallest absolute Gasteiger partial charge is 0.0777 e. The maximum absolute atomic E-state index is 9.16. The molecule has 1 aromatic heterocycles. The van der Waals surface area contributed by atoms with E-state index in [2.05, 4.69) is 16.5 Å². The Kier molecular flexibility index (Phi) is 3.82. The van der Waals surface area contributed by atoms with Crippen molar-refractivity contribution in [2.45, 2.75) is 33.1 Å². The van der Waals surface area contributed by atoms with Crippen LogP contribution in [0.5, 0.6) is 0 Å². The van der Waals surface area contributed by atoms with Gasteiger partial charge in [0.25, 0.3) is 0 Å². The normalized spacial score (nSPS) is 13.9. The summed E-state index contributed by atoms with van der Waals surface area (Å²) in [6.45, 7) is 5.83. The standard InChI is InChI=1S/C11H13N3S/c1-7(4-5-12)10(6-13)11-8(2)14-15-9(11)3/h7,10H,4H2,1-3H3. The summed E-state index contributed by atoms with van der Waals surface area (Å²) >= 11 is 1.43. The summed E-state index contributed by atoms with van der Waals surface area (Å²) in [7, 11) is 0. The molecule has 4 heteroatoms. The summed E-state index contributed by atoms with van der Waals surface area (Å²) in [4.78, 5) is 1.09. The molecule has 78 valence electrons. The highest BCUT2D eigenvalue weighted by atomic mass is 32.1. The lowest BCUT2D eigenvalue weighted by molar-refractivity contribution is 0.541. The largest absolute Gasteiger partial charge is 0.198 e. The molecule has 1 rings (SSSR count). The zero-order valence-corrected chi connectivity index (χ0v) is 9.93. The van der Waals surface area contributed by atoms with Crippen molar-refractivity contribution in [1.82, 2.24) is 4.37 Å². The first-order valence-corrected chi connectivity index (χ1v) is 5.58. The summed E-state index contributed by atoms with van der Waals surface area (Å²) in [5.41, 5.74) is 1.94. The van der Waals surface area contributed by atoms with Gasteiger partial charge in [0, 0.05) is 16.9 Å². The van der Waals surface area contributed by atoms with Crippen molar-refractivity contribution < 1.29 is 0 Å². The Balaban J connectivity index is 3.04. The molecule has 2 unspecified atom stereocenters. The number of nitriles is 2. The Morgan fingerprint density at radius 1 is 1.40 bits per heavy atom. The molecule has 1 heterocycles. The molecular formula is C11H13N3S. The van der Waals surface area contributed by atoms with Crippen LogP contribution in [0.15, 0.2) is 0 Å². The SMILES string of the molecule is Cc1nsc(C)c1C(C#N)C(C)CC#N. The number of rotatable bonds is 3. The predicted molar refractivity (Wildman–Crippen MR) is 59.3 cm³/mol. The summed E-state index contributed by atoms with van der Waals surface area (Å²) in [5.74, 6) is -0.141. The van der Waals surface area contributed by atoms with Crippen molar-refractivity contribution in [2.24, 2.45) is 5.92 Å². The molecule has 0 radical (unpaired) electrons. The zero-order chi connectivity index (χ0) is 11.4. The molecule has 0 amide bonds. The number of hydrogen-bond donors (Lipinski definition) is 0. The third-order valence-electron chi connectivity index (χ3n) is 2.52. The van der Waals surface area contributed by atoms with Gasteiger partial charge < -0.3 is 0 Å². The molecular weight excluding hydrogens is 206 g/mol. The van der Waals surface area contributed by atoms with Crippen LogP contribution in [-0.4, -0.2) is 4.37 Å². The van der Waals surface area contributed by atoms with E-state index in [0.29, 0.717) is 6.42 Å². The number of nitrogens with zero attached hydrogens (tertiary/aromatic N) is 3. The lowest BCUT2D eigenvalue weighted by atomic mass is 9.86. The first-order valence-electron chi connectivity index (χ1n) is 4.81. The van der Waals surface area contributed by atoms with Crippen LogP contribution in [0.4, 0.5) is 0 Å². The van der Waals surface area contributed by atoms with Crippen LogP contribution >= 0.6 is 11.5 Å². The van der Waals surface area contributed by atoms with E-state index in [0.717, 1.165) is 16.1 Å². The van der Waals surface area contributed by atoms with E-state index in [1.807, 2.05) is 20.8 Å². The fraction of sp³-hybridized carbons (Fsp3) is 0.545. The number of hydrogen-bond acceptors (Lipinski definition) is 4. The Morgan fingerprint density at radius 3 is 2.47 bits per heavy atom. The van der Waals surface area contributed by atoms with E-state index in [-0.39, 0.29) is 11.8 Å². The predicted octanol–water partition coefficient (Wildman–Crippen LogP) is 2.92. The summed E-state index contributed by atoms with van der Waals surface area (Å²) in [6.07, 6.45) is 0.410. The second-order valence-electron chi connectivity index (χ2n) is 3.68. The Morgan fingerprint density at radius 2 is 2.07 bits per heavy atom. The average Bonchev–Trinajstić information content (AvgIpc) is 2.51. The highest BCUT2D eigenvalue weighted by Crippen LogP contribution is 2.32. The number of aryl methyl sites for hydroxylation is 2. The van der Waals surface area contributed by atoms with Gasteiger partial charge in [0.15, 0.2) is 0 Å². The van der Waals surface area contributed by atoms with Crippen LogP contribution in [0, 0.1) is 42.4 Å². The van der Waals surface area contributed by atoms with Gasteiger partial charge >= 0.3 is 0 Å². The second-order valence-corrected chi connectivity index (χ2v) is 4.66. The average molecular weight is 219 g/mol. The van der Waals surface area contributed by atoms with Crippen molar-refractivity contribution in [3.05, 3.63) is 16.1 Å². The minimum Gasteiger partial charge on any atom is -0.198 e. The molecule has 1 aromatic rings. The molecule has 0 aliphatic rings. The molecule has 0 aliphatic heterocycles. The van der Waals surface area contributed by atoms with Gasteiger partial charge in [-0.25, -0.2) is 0 Å². The lowest BCUT2D eigenvalue weighted by Crippen LogP contribution is -2.09. The molecule has 0 N–H and O–H groups in total. The maximum Gasteiger partial charge on any atom is 0.0777 e. The van der Waals surface area contributed by atoms with E-state index >= 15 is 0 Å². The van der Waals surface area contributed by atoms with Crippen LogP contribution in [0.3, 0.4) is 0 Å². The van der Waals surface area contributed by atoms with Gasteiger partial charge in [-0.15, -0.1) is 0 Å². The minimum atomic E-state index is -0.205. The van der Waals surface area contributed by atoms with E-state index in [4.69, 9.17) is 10.5 Å². The van der Waals surface area contributed by atoms with Gasteiger partial charge in [0.2, 0.25) is 0 Å². The first kappa shape index (κ1) is 11.7. The topological polar surface area (TPSA) is 60.5 Å². The van der Waals surface area contributed by atoms with E-state index in [1.54, 1.807) is 0 Å². The number of aromatic nitrogens is 1. The molecule has 3 nitrogen and oxygen atoms in total. The third-order valence-corrected chi connectivity index (χ3v) is 3.38. The van der Waals surface area contributed by atoms with Crippen LogP contribution in [0.1, 0.15) is 35.4 Å². The van der Waals surface area contributed by atoms with E-state index in [1.165, 1.54) is 11.5 Å². The molecule has 0 saturated carbocycles. The quantitative estimate of drug-likeness (QED) is 0.785. The molecule has 2 atom stereocenters. The zero-order valence-electron chi connectivity index (χ0n) is 9.11. The molecule has 0 spiro atoms.